The molecule has 0 saturated heterocycles. The van der Waals surface area contributed by atoms with E-state index in [-0.39, 0.29) is 11.3 Å². The number of aryl methyl sites for hydroxylation is 1. The highest BCUT2D eigenvalue weighted by Crippen LogP contribution is 2.66. The van der Waals surface area contributed by atoms with Gasteiger partial charge in [-0.05, 0) is 52.8 Å². The lowest BCUT2D eigenvalue weighted by molar-refractivity contribution is -0.120. The molecule has 2 unspecified atom stereocenters. The lowest BCUT2D eigenvalue weighted by Crippen LogP contribution is -2.29. The number of aliphatic imine (C=N–C) groups is 1. The lowest BCUT2D eigenvalue weighted by Gasteiger charge is -2.14. The van der Waals surface area contributed by atoms with Crippen LogP contribution >= 0.6 is 0 Å². The van der Waals surface area contributed by atoms with E-state index in [4.69, 9.17) is 0 Å². The normalized spacial score (nSPS) is 25.6. The Labute approximate surface area is 148 Å². The minimum absolute atomic E-state index is 0.255. The Balaban J connectivity index is 1.60. The van der Waals surface area contributed by atoms with Crippen molar-refractivity contribution < 1.29 is 4.79 Å². The fraction of sp³-hybridized carbons (Fsp3) is 0.364. The smallest absolute Gasteiger partial charge is 0.238 e. The van der Waals surface area contributed by atoms with Gasteiger partial charge in [0, 0.05) is 24.9 Å². The summed E-state index contributed by atoms with van der Waals surface area (Å²) in [5.41, 5.74) is 7.32. The van der Waals surface area contributed by atoms with Crippen molar-refractivity contribution in [1.82, 2.24) is 0 Å². The molecule has 0 N–H and O–H groups in total. The first-order valence-electron chi connectivity index (χ1n) is 9.20. The Kier molecular flexibility index (Phi) is 3.00. The van der Waals surface area contributed by atoms with E-state index in [2.05, 4.69) is 42.2 Å². The van der Waals surface area contributed by atoms with Crippen LogP contribution in [-0.4, -0.2) is 19.2 Å². The summed E-state index contributed by atoms with van der Waals surface area (Å²) in [6, 6.07) is 12.9. The van der Waals surface area contributed by atoms with Gasteiger partial charge in [0.2, 0.25) is 5.91 Å². The second-order valence-corrected chi connectivity index (χ2v) is 7.58. The van der Waals surface area contributed by atoms with Crippen LogP contribution in [0.4, 0.5) is 5.69 Å². The Hall–Kier alpha value is -2.42. The second kappa shape index (κ2) is 5.04. The third kappa shape index (κ3) is 1.87. The highest BCUT2D eigenvalue weighted by Gasteiger charge is 2.66. The molecule has 1 aliphatic carbocycles. The fourth-order valence-corrected chi connectivity index (χ4v) is 4.89. The molecule has 1 fully saturated rings. The van der Waals surface area contributed by atoms with E-state index in [1.165, 1.54) is 27.8 Å². The number of amides is 1. The number of benzene rings is 2. The van der Waals surface area contributed by atoms with E-state index in [0.717, 1.165) is 31.5 Å². The molecule has 3 heteroatoms. The molecule has 3 nitrogen and oxygen atoms in total. The van der Waals surface area contributed by atoms with Crippen molar-refractivity contribution in [2.24, 2.45) is 4.99 Å². The van der Waals surface area contributed by atoms with Crippen LogP contribution in [0.25, 0.3) is 0 Å². The number of fused-ring (bicyclic) bond motifs is 3. The third-order valence-electron chi connectivity index (χ3n) is 6.19. The third-order valence-corrected chi connectivity index (χ3v) is 6.19. The molecule has 126 valence electrons. The van der Waals surface area contributed by atoms with Gasteiger partial charge < -0.3 is 4.90 Å². The summed E-state index contributed by atoms with van der Waals surface area (Å²) in [6.45, 7) is 3.03. The molecule has 25 heavy (non-hydrogen) atoms. The predicted molar refractivity (Wildman–Crippen MR) is 101 cm³/mol. The quantitative estimate of drug-likeness (QED) is 0.838. The van der Waals surface area contributed by atoms with E-state index in [0.29, 0.717) is 5.92 Å². The van der Waals surface area contributed by atoms with Gasteiger partial charge in [-0.1, -0.05) is 37.6 Å². The van der Waals surface area contributed by atoms with Crippen LogP contribution in [0.15, 0.2) is 41.4 Å². The SMILES string of the molecule is CCCc1cc(C2CC23C(=O)N(C)c2ccccc23)cc2c1CN=C2. The van der Waals surface area contributed by atoms with Gasteiger partial charge >= 0.3 is 0 Å². The largest absolute Gasteiger partial charge is 0.314 e. The fourth-order valence-electron chi connectivity index (χ4n) is 4.89. The van der Waals surface area contributed by atoms with Crippen LogP contribution in [0, 0.1) is 0 Å². The second-order valence-electron chi connectivity index (χ2n) is 7.58. The monoisotopic (exact) mass is 330 g/mol. The number of para-hydroxylation sites is 1. The Morgan fingerprint density at radius 2 is 2.12 bits per heavy atom. The van der Waals surface area contributed by atoms with Crippen molar-refractivity contribution in [2.75, 3.05) is 11.9 Å². The summed E-state index contributed by atoms with van der Waals surface area (Å²) in [5.74, 6) is 0.547. The molecule has 1 saturated carbocycles. The molecule has 5 rings (SSSR count). The number of carbonyl (C=O) groups is 1. The zero-order chi connectivity index (χ0) is 17.2. The summed E-state index contributed by atoms with van der Waals surface area (Å²) in [6.07, 6.45) is 5.15. The van der Waals surface area contributed by atoms with Gasteiger partial charge in [0.25, 0.3) is 0 Å². The molecular formula is C22H22N2O. The maximum absolute atomic E-state index is 13.1. The number of rotatable bonds is 3. The van der Waals surface area contributed by atoms with Gasteiger partial charge in [-0.2, -0.15) is 0 Å². The molecule has 0 bridgehead atoms. The Bertz CT molecular complexity index is 930. The van der Waals surface area contributed by atoms with E-state index >= 15 is 0 Å². The summed E-state index contributed by atoms with van der Waals surface area (Å²) in [5, 5.41) is 0. The van der Waals surface area contributed by atoms with Crippen molar-refractivity contribution in [3.63, 3.8) is 0 Å². The maximum atomic E-state index is 13.1. The molecule has 0 aromatic heterocycles. The number of carbonyl (C=O) groups excluding carboxylic acids is 1. The summed E-state index contributed by atoms with van der Waals surface area (Å²) in [4.78, 5) is 19.4. The first-order chi connectivity index (χ1) is 12.2. The van der Waals surface area contributed by atoms with Crippen LogP contribution in [0.1, 0.15) is 53.5 Å². The topological polar surface area (TPSA) is 32.7 Å². The molecule has 2 atom stereocenters. The first kappa shape index (κ1) is 14.9. The van der Waals surface area contributed by atoms with Gasteiger partial charge in [0.15, 0.2) is 0 Å². The molecular weight excluding hydrogens is 308 g/mol. The van der Waals surface area contributed by atoms with Crippen LogP contribution in [0.3, 0.4) is 0 Å². The van der Waals surface area contributed by atoms with Gasteiger partial charge in [0.05, 0.1) is 12.0 Å². The minimum Gasteiger partial charge on any atom is -0.314 e. The molecule has 2 aromatic rings. The lowest BCUT2D eigenvalue weighted by atomic mass is 9.89. The van der Waals surface area contributed by atoms with Gasteiger partial charge in [-0.3, -0.25) is 9.79 Å². The van der Waals surface area contributed by atoms with Crippen molar-refractivity contribution >= 4 is 17.8 Å². The molecule has 1 amide bonds. The van der Waals surface area contributed by atoms with E-state index in [1.54, 1.807) is 0 Å². The van der Waals surface area contributed by atoms with Crippen LogP contribution in [-0.2, 0) is 23.2 Å². The van der Waals surface area contributed by atoms with Gasteiger partial charge in [-0.25, -0.2) is 0 Å². The molecule has 0 radical (unpaired) electrons. The zero-order valence-electron chi connectivity index (χ0n) is 14.7. The van der Waals surface area contributed by atoms with Crippen molar-refractivity contribution in [3.8, 4) is 0 Å². The average Bonchev–Trinajstić information content (AvgIpc) is 3.14. The van der Waals surface area contributed by atoms with Crippen molar-refractivity contribution in [3.05, 3.63) is 64.2 Å². The standard InChI is InChI=1S/C22H22N2O/c1-3-6-14-9-15(10-16-12-23-13-17(14)16)19-11-22(19)18-7-4-5-8-20(18)24(2)21(22)25/h4-5,7-10,12,19H,3,6,11,13H2,1-2H3. The highest BCUT2D eigenvalue weighted by atomic mass is 16.2. The van der Waals surface area contributed by atoms with Crippen LogP contribution in [0.5, 0.6) is 0 Å². The minimum atomic E-state index is -0.335. The zero-order valence-corrected chi connectivity index (χ0v) is 14.7. The van der Waals surface area contributed by atoms with Crippen LogP contribution in [0.2, 0.25) is 0 Å². The molecule has 2 aromatic carbocycles. The average molecular weight is 330 g/mol. The first-order valence-corrected chi connectivity index (χ1v) is 9.20. The van der Waals surface area contributed by atoms with Gasteiger partial charge in [-0.15, -0.1) is 0 Å². The van der Waals surface area contributed by atoms with E-state index in [9.17, 15) is 4.79 Å². The van der Waals surface area contributed by atoms with E-state index < -0.39 is 0 Å². The van der Waals surface area contributed by atoms with Gasteiger partial charge in [0.1, 0.15) is 0 Å². The highest BCUT2D eigenvalue weighted by molar-refractivity contribution is 6.11. The maximum Gasteiger partial charge on any atom is 0.238 e. The Morgan fingerprint density at radius 1 is 1.28 bits per heavy atom. The number of likely N-dealkylation sites (N-methyl/N-ethyl adjacent to an activating group) is 1. The number of nitrogens with zero attached hydrogens (tertiary/aromatic N) is 2. The molecule has 3 aliphatic rings. The summed E-state index contributed by atoms with van der Waals surface area (Å²) >= 11 is 0. The summed E-state index contributed by atoms with van der Waals surface area (Å²) < 4.78 is 0. The molecule has 2 aliphatic heterocycles. The predicted octanol–water partition coefficient (Wildman–Crippen LogP) is 3.97. The Morgan fingerprint density at radius 3 is 2.96 bits per heavy atom. The number of anilines is 1. The number of hydrogen-bond acceptors (Lipinski definition) is 2. The van der Waals surface area contributed by atoms with Crippen LogP contribution < -0.4 is 4.90 Å². The van der Waals surface area contributed by atoms with Crippen molar-refractivity contribution in [2.45, 2.75) is 44.1 Å². The molecule has 2 heterocycles. The van der Waals surface area contributed by atoms with E-state index in [1.807, 2.05) is 24.2 Å². The number of hydrogen-bond donors (Lipinski definition) is 0. The summed E-state index contributed by atoms with van der Waals surface area (Å²) in [7, 11) is 1.91. The molecule has 1 spiro atoms. The van der Waals surface area contributed by atoms with Crippen molar-refractivity contribution in [1.29, 1.82) is 0 Å².